The second-order valence-corrected chi connectivity index (χ2v) is 9.68. The predicted molar refractivity (Wildman–Crippen MR) is 179 cm³/mol. The van der Waals surface area contributed by atoms with E-state index in [-0.39, 0.29) is 13.0 Å². The monoisotopic (exact) mass is 580 g/mol. The summed E-state index contributed by atoms with van der Waals surface area (Å²) in [5.41, 5.74) is 5.49. The minimum Gasteiger partial charge on any atom is -0.134 e. The van der Waals surface area contributed by atoms with Crippen LogP contribution in [0.1, 0.15) is 38.0 Å². The molecule has 1 nitrogen and oxygen atoms in total. The molecule has 0 radical (unpaired) electrons. The van der Waals surface area contributed by atoms with Crippen molar-refractivity contribution in [3.05, 3.63) is 174 Å². The van der Waals surface area contributed by atoms with Crippen molar-refractivity contribution < 1.29 is 13.3 Å². The quantitative estimate of drug-likeness (QED) is 0.141. The van der Waals surface area contributed by atoms with Gasteiger partial charge in [0.2, 0.25) is 11.4 Å². The number of benzene rings is 5. The Bertz CT molecular complexity index is 1760. The van der Waals surface area contributed by atoms with Crippen LogP contribution < -0.4 is 4.57 Å². The summed E-state index contributed by atoms with van der Waals surface area (Å²) in [6, 6.07) is 44.8. The van der Waals surface area contributed by atoms with Crippen molar-refractivity contribution in [1.29, 1.82) is 0 Å². The van der Waals surface area contributed by atoms with Crippen LogP contribution in [0.15, 0.2) is 158 Å². The molecule has 0 saturated heterocycles. The van der Waals surface area contributed by atoms with Gasteiger partial charge in [-0.25, -0.2) is 0 Å². The summed E-state index contributed by atoms with van der Waals surface area (Å²) in [6.07, 6.45) is 0. The third-order valence-corrected chi connectivity index (χ3v) is 6.95. The fourth-order valence-corrected chi connectivity index (χ4v) is 4.89. The van der Waals surface area contributed by atoms with Crippen LogP contribution >= 0.6 is 0 Å². The molecule has 0 amide bonds. The summed E-state index contributed by atoms with van der Waals surface area (Å²) in [6.45, 7) is 4.00. The Labute approximate surface area is 260 Å². The molecule has 0 unspecified atom stereocenters. The van der Waals surface area contributed by atoms with Crippen molar-refractivity contribution in [3.63, 3.8) is 0 Å². The van der Waals surface area contributed by atoms with Gasteiger partial charge in [-0.2, -0.15) is 0 Å². The van der Waals surface area contributed by atoms with E-state index < -0.39 is 6.05 Å². The number of alkyl halides is 2. The van der Waals surface area contributed by atoms with Crippen LogP contribution in [0.2, 0.25) is 0 Å². The Morgan fingerprint density at radius 1 is 0.455 bits per heavy atom. The molecule has 0 aliphatic heterocycles. The SMILES string of the molecule is C.CC.FC(F)(c1ccc(C#Cc2ccccc2)cc1)[n+]1c(-c2ccccc2)cc(-c2ccccc2)cc1-c1ccccc1. The zero-order valence-corrected chi connectivity index (χ0v) is 24.2. The molecule has 0 aliphatic rings. The zero-order valence-electron chi connectivity index (χ0n) is 24.2. The molecule has 1 heterocycles. The standard InChI is InChI=1S/C38H26F2N.C2H6.CH4/c39-38(40,35-25-23-30(24-26-35)22-21-29-13-5-1-6-14-29)41-36(32-17-9-3-10-18-32)27-34(31-15-7-2-8-16-31)28-37(41)33-19-11-4-12-20-33;1-2;/h1-20,23-28H;1-2H3;1H4/q+1;;. The molecule has 6 rings (SSSR count). The van der Waals surface area contributed by atoms with E-state index in [1.165, 1.54) is 12.1 Å². The topological polar surface area (TPSA) is 3.88 Å². The van der Waals surface area contributed by atoms with E-state index in [1.807, 2.05) is 147 Å². The zero-order chi connectivity index (χ0) is 30.1. The van der Waals surface area contributed by atoms with Crippen LogP contribution in [0, 0.1) is 11.8 Å². The lowest BCUT2D eigenvalue weighted by Crippen LogP contribution is -2.54. The van der Waals surface area contributed by atoms with Crippen molar-refractivity contribution in [2.24, 2.45) is 0 Å². The summed E-state index contributed by atoms with van der Waals surface area (Å²) < 4.78 is 34.8. The molecule has 1 aromatic heterocycles. The van der Waals surface area contributed by atoms with Crippen LogP contribution in [0.25, 0.3) is 33.6 Å². The van der Waals surface area contributed by atoms with Gasteiger partial charge < -0.3 is 0 Å². The number of rotatable bonds is 5. The molecular formula is C41H36F2N+. The van der Waals surface area contributed by atoms with Gasteiger partial charge in [0, 0.05) is 34.4 Å². The van der Waals surface area contributed by atoms with E-state index in [4.69, 9.17) is 0 Å². The van der Waals surface area contributed by atoms with Crippen molar-refractivity contribution in [1.82, 2.24) is 0 Å². The van der Waals surface area contributed by atoms with E-state index >= 15 is 8.78 Å². The van der Waals surface area contributed by atoms with Crippen LogP contribution in [0.4, 0.5) is 8.78 Å². The fraction of sp³-hybridized carbons (Fsp3) is 0.0976. The molecule has 3 heteroatoms. The van der Waals surface area contributed by atoms with Crippen LogP contribution in [-0.2, 0) is 6.05 Å². The van der Waals surface area contributed by atoms with E-state index in [1.54, 1.807) is 12.1 Å². The number of hydrogen-bond donors (Lipinski definition) is 0. The highest BCUT2D eigenvalue weighted by Gasteiger charge is 2.48. The molecule has 0 spiro atoms. The first-order valence-corrected chi connectivity index (χ1v) is 14.4. The van der Waals surface area contributed by atoms with Crippen LogP contribution in [0.5, 0.6) is 0 Å². The van der Waals surface area contributed by atoms with E-state index in [9.17, 15) is 0 Å². The van der Waals surface area contributed by atoms with Crippen molar-refractivity contribution in [2.45, 2.75) is 27.3 Å². The number of aromatic nitrogens is 1. The maximum Gasteiger partial charge on any atom is 0.490 e. The minimum absolute atomic E-state index is 0. The van der Waals surface area contributed by atoms with Gasteiger partial charge in [-0.05, 0) is 71.8 Å². The van der Waals surface area contributed by atoms with Gasteiger partial charge in [0.1, 0.15) is 0 Å². The number of hydrogen-bond acceptors (Lipinski definition) is 0. The van der Waals surface area contributed by atoms with Gasteiger partial charge in [0.25, 0.3) is 0 Å². The Kier molecular flexibility index (Phi) is 10.6. The maximum atomic E-state index is 16.8. The van der Waals surface area contributed by atoms with Gasteiger partial charge in [-0.3, -0.25) is 0 Å². The Balaban J connectivity index is 0.00000144. The lowest BCUT2D eigenvalue weighted by atomic mass is 9.98. The molecule has 0 saturated carbocycles. The third kappa shape index (κ3) is 7.00. The number of nitrogens with zero attached hydrogens (tertiary/aromatic N) is 1. The van der Waals surface area contributed by atoms with E-state index in [2.05, 4.69) is 11.8 Å². The molecule has 6 aromatic rings. The highest BCUT2D eigenvalue weighted by molar-refractivity contribution is 5.73. The lowest BCUT2D eigenvalue weighted by Gasteiger charge is -2.19. The van der Waals surface area contributed by atoms with Crippen molar-refractivity contribution in [3.8, 4) is 45.5 Å². The Hall–Kier alpha value is -5.33. The Morgan fingerprint density at radius 2 is 0.818 bits per heavy atom. The van der Waals surface area contributed by atoms with Gasteiger partial charge in [-0.1, -0.05) is 118 Å². The third-order valence-electron chi connectivity index (χ3n) is 6.95. The molecule has 0 N–H and O–H groups in total. The predicted octanol–water partition coefficient (Wildman–Crippen LogP) is 10.6. The van der Waals surface area contributed by atoms with Gasteiger partial charge >= 0.3 is 6.05 Å². The smallest absolute Gasteiger partial charge is 0.134 e. The van der Waals surface area contributed by atoms with E-state index in [0.29, 0.717) is 28.1 Å². The minimum atomic E-state index is -3.36. The fourth-order valence-electron chi connectivity index (χ4n) is 4.89. The lowest BCUT2D eigenvalue weighted by molar-refractivity contribution is -0.793. The number of halogens is 2. The summed E-state index contributed by atoms with van der Waals surface area (Å²) in [4.78, 5) is 0. The highest BCUT2D eigenvalue weighted by Crippen LogP contribution is 2.35. The molecule has 5 aromatic carbocycles. The van der Waals surface area contributed by atoms with Gasteiger partial charge in [0.15, 0.2) is 0 Å². The molecule has 44 heavy (non-hydrogen) atoms. The summed E-state index contributed by atoms with van der Waals surface area (Å²) in [5.74, 6) is 6.17. The summed E-state index contributed by atoms with van der Waals surface area (Å²) in [5, 5.41) is 0. The molecule has 0 bridgehead atoms. The normalized spacial score (nSPS) is 10.4. The largest absolute Gasteiger partial charge is 0.490 e. The van der Waals surface area contributed by atoms with Crippen molar-refractivity contribution in [2.75, 3.05) is 0 Å². The summed E-state index contributed by atoms with van der Waals surface area (Å²) >= 11 is 0. The molecule has 0 fully saturated rings. The summed E-state index contributed by atoms with van der Waals surface area (Å²) in [7, 11) is 0. The van der Waals surface area contributed by atoms with Crippen LogP contribution in [0.3, 0.4) is 0 Å². The van der Waals surface area contributed by atoms with Gasteiger partial charge in [0.05, 0.1) is 5.56 Å². The first-order chi connectivity index (χ1) is 21.1. The maximum absolute atomic E-state index is 16.8. The Morgan fingerprint density at radius 3 is 1.25 bits per heavy atom. The van der Waals surface area contributed by atoms with E-state index in [0.717, 1.165) is 21.3 Å². The molecule has 218 valence electrons. The number of pyridine rings is 1. The second kappa shape index (κ2) is 14.7. The first-order valence-electron chi connectivity index (χ1n) is 14.4. The molecular weight excluding hydrogens is 544 g/mol. The van der Waals surface area contributed by atoms with Crippen molar-refractivity contribution >= 4 is 0 Å². The highest BCUT2D eigenvalue weighted by atomic mass is 19.3. The second-order valence-electron chi connectivity index (χ2n) is 9.68. The molecule has 0 atom stereocenters. The average Bonchev–Trinajstić information content (AvgIpc) is 3.09. The van der Waals surface area contributed by atoms with Crippen LogP contribution in [-0.4, -0.2) is 0 Å². The average molecular weight is 581 g/mol. The molecule has 0 aliphatic carbocycles. The first kappa shape index (κ1) is 31.6. The van der Waals surface area contributed by atoms with Gasteiger partial charge in [-0.15, -0.1) is 13.3 Å².